The van der Waals surface area contributed by atoms with Gasteiger partial charge in [0.2, 0.25) is 0 Å². The van der Waals surface area contributed by atoms with E-state index in [9.17, 15) is 4.57 Å². The standard InChI is InChI=1S/C4H12AsO3P/c1-5(2,3,4)8-9(6)7/h1-4H3/p+1. The van der Waals surface area contributed by atoms with Crippen LogP contribution in [0.15, 0.2) is 0 Å². The van der Waals surface area contributed by atoms with E-state index in [4.69, 9.17) is 8.41 Å². The second kappa shape index (κ2) is 2.32. The predicted molar refractivity (Wildman–Crippen MR) is 40.1 cm³/mol. The fraction of sp³-hybridized carbons (Fsp3) is 1.00. The maximum atomic E-state index is 10.2. The topological polar surface area (TPSA) is 46.5 Å². The molecular formula is C4H13AsO3P+. The summed E-state index contributed by atoms with van der Waals surface area (Å²) in [6.07, 6.45) is 0. The predicted octanol–water partition coefficient (Wildman–Crippen LogP) is 2.07. The first-order valence-electron chi connectivity index (χ1n) is 2.54. The Morgan fingerprint density at radius 2 is 1.67 bits per heavy atom. The summed E-state index contributed by atoms with van der Waals surface area (Å²) < 4.78 is 15.1. The van der Waals surface area contributed by atoms with Gasteiger partial charge in [0.1, 0.15) is 0 Å². The molecule has 0 aliphatic heterocycles. The molecule has 5 heteroatoms. The zero-order valence-corrected chi connectivity index (χ0v) is 8.93. The molecule has 0 aromatic carbocycles. The van der Waals surface area contributed by atoms with Crippen LogP contribution in [0.4, 0.5) is 0 Å². The molecule has 0 spiro atoms. The Morgan fingerprint density at radius 1 is 1.33 bits per heavy atom. The summed E-state index contributed by atoms with van der Waals surface area (Å²) in [5.41, 5.74) is 7.67. The van der Waals surface area contributed by atoms with E-state index < -0.39 is 21.0 Å². The fourth-order valence-electron chi connectivity index (χ4n) is 0.279. The second-order valence-electron chi connectivity index (χ2n) is 3.73. The molecule has 0 saturated heterocycles. The zero-order valence-electron chi connectivity index (χ0n) is 6.16. The molecule has 1 N–H and O–H groups in total. The van der Waals surface area contributed by atoms with Gasteiger partial charge in [0.15, 0.2) is 0 Å². The van der Waals surface area contributed by atoms with Crippen molar-refractivity contribution in [1.82, 2.24) is 0 Å². The molecule has 0 fully saturated rings. The molecule has 1 unspecified atom stereocenters. The van der Waals surface area contributed by atoms with E-state index >= 15 is 0 Å². The van der Waals surface area contributed by atoms with E-state index in [1.807, 2.05) is 22.8 Å². The van der Waals surface area contributed by atoms with Crippen LogP contribution >= 0.6 is 8.25 Å². The van der Waals surface area contributed by atoms with E-state index in [1.165, 1.54) is 0 Å². The van der Waals surface area contributed by atoms with Crippen molar-refractivity contribution in [2.24, 2.45) is 0 Å². The molecule has 0 amide bonds. The zero-order chi connectivity index (χ0) is 7.73. The van der Waals surface area contributed by atoms with Gasteiger partial charge >= 0.3 is 56.9 Å². The molecule has 56 valence electrons. The molecule has 0 aliphatic carbocycles. The van der Waals surface area contributed by atoms with E-state index in [1.54, 1.807) is 0 Å². The second-order valence-corrected chi connectivity index (χ2v) is 19.7. The van der Waals surface area contributed by atoms with Crippen molar-refractivity contribution in [2.75, 3.05) is 0 Å². The van der Waals surface area contributed by atoms with Crippen LogP contribution in [0.1, 0.15) is 0 Å². The van der Waals surface area contributed by atoms with Gasteiger partial charge in [-0.2, -0.15) is 0 Å². The third-order valence-corrected chi connectivity index (χ3v) is 6.18. The third kappa shape index (κ3) is 8.58. The van der Waals surface area contributed by atoms with Crippen LogP contribution in [-0.2, 0) is 8.08 Å². The average molecular weight is 215 g/mol. The van der Waals surface area contributed by atoms with Crippen molar-refractivity contribution in [2.45, 2.75) is 22.8 Å². The van der Waals surface area contributed by atoms with E-state index in [0.717, 1.165) is 0 Å². The van der Waals surface area contributed by atoms with Gasteiger partial charge in [-0.05, 0) is 0 Å². The van der Waals surface area contributed by atoms with Gasteiger partial charge in [-0.25, -0.2) is 0 Å². The molecule has 3 nitrogen and oxygen atoms in total. The Bertz CT molecular complexity index is 127. The molecule has 0 radical (unpaired) electrons. The first-order valence-corrected chi connectivity index (χ1v) is 11.9. The average Bonchev–Trinajstić information content (AvgIpc) is 1.16. The molecule has 9 heavy (non-hydrogen) atoms. The Morgan fingerprint density at radius 3 is 1.67 bits per heavy atom. The minimum absolute atomic E-state index is 1.92. The SMILES string of the molecule is C[As](C)(C)(C)O[P+](=O)O. The third-order valence-electron chi connectivity index (χ3n) is 0.396. The van der Waals surface area contributed by atoms with Gasteiger partial charge in [-0.1, -0.05) is 0 Å². The maximum absolute atomic E-state index is 10.2. The summed E-state index contributed by atoms with van der Waals surface area (Å²) in [6.45, 7) is 0. The monoisotopic (exact) mass is 215 g/mol. The quantitative estimate of drug-likeness (QED) is 0.566. The van der Waals surface area contributed by atoms with E-state index in [-0.39, 0.29) is 0 Å². The Kier molecular flexibility index (Phi) is 2.47. The van der Waals surface area contributed by atoms with Crippen LogP contribution in [0.3, 0.4) is 0 Å². The fourth-order valence-corrected chi connectivity index (χ4v) is 4.36. The Balaban J connectivity index is 4.05. The molecule has 0 aromatic rings. The van der Waals surface area contributed by atoms with Gasteiger partial charge < -0.3 is 0 Å². The molecule has 1 atom stereocenters. The Hall–Kier alpha value is 0.578. The van der Waals surface area contributed by atoms with Crippen molar-refractivity contribution in [3.8, 4) is 0 Å². The van der Waals surface area contributed by atoms with Crippen LogP contribution in [0, 0.1) is 0 Å². The first-order chi connectivity index (χ1) is 3.67. The van der Waals surface area contributed by atoms with Crippen molar-refractivity contribution in [3.63, 3.8) is 0 Å². The van der Waals surface area contributed by atoms with Crippen LogP contribution < -0.4 is 0 Å². The summed E-state index contributed by atoms with van der Waals surface area (Å²) >= 11 is -2.69. The van der Waals surface area contributed by atoms with Crippen LogP contribution in [0.25, 0.3) is 0 Å². The number of hydrogen-bond acceptors (Lipinski definition) is 2. The normalized spacial score (nSPS) is 18.3. The molecule has 0 heterocycles. The number of hydrogen-bond donors (Lipinski definition) is 1. The Labute approximate surface area is 57.4 Å². The van der Waals surface area contributed by atoms with Gasteiger partial charge in [0, 0.05) is 0 Å². The van der Waals surface area contributed by atoms with Crippen molar-refractivity contribution in [1.29, 1.82) is 0 Å². The molecule has 0 bridgehead atoms. The molecule has 0 aliphatic rings. The van der Waals surface area contributed by atoms with Gasteiger partial charge in [-0.15, -0.1) is 0 Å². The van der Waals surface area contributed by atoms with Crippen molar-refractivity contribution >= 4 is 21.0 Å². The van der Waals surface area contributed by atoms with Gasteiger partial charge in [-0.3, -0.25) is 0 Å². The molecule has 0 aromatic heterocycles. The van der Waals surface area contributed by atoms with Crippen LogP contribution in [0.5, 0.6) is 0 Å². The summed E-state index contributed by atoms with van der Waals surface area (Å²) in [4.78, 5) is 8.39. The van der Waals surface area contributed by atoms with Crippen molar-refractivity contribution in [3.05, 3.63) is 0 Å². The first kappa shape index (κ1) is 9.58. The van der Waals surface area contributed by atoms with Gasteiger partial charge in [0.25, 0.3) is 0 Å². The molecular weight excluding hydrogens is 202 g/mol. The summed E-state index contributed by atoms with van der Waals surface area (Å²) in [6, 6.07) is 0. The van der Waals surface area contributed by atoms with E-state index in [0.29, 0.717) is 0 Å². The molecule has 0 rings (SSSR count). The van der Waals surface area contributed by atoms with E-state index in [2.05, 4.69) is 0 Å². The van der Waals surface area contributed by atoms with Crippen molar-refractivity contribution < 1.29 is 13.0 Å². The summed E-state index contributed by atoms with van der Waals surface area (Å²) in [5, 5.41) is 0. The van der Waals surface area contributed by atoms with Gasteiger partial charge in [0.05, 0.1) is 0 Å². The minimum atomic E-state index is -2.69. The molecule has 0 saturated carbocycles. The van der Waals surface area contributed by atoms with Crippen LogP contribution in [0.2, 0.25) is 22.8 Å². The summed E-state index contributed by atoms with van der Waals surface area (Å²) in [7, 11) is -2.41. The van der Waals surface area contributed by atoms with Crippen LogP contribution in [-0.4, -0.2) is 17.7 Å². The summed E-state index contributed by atoms with van der Waals surface area (Å²) in [5.74, 6) is 0. The number of rotatable bonds is 2.